The Kier molecular flexibility index (Phi) is 3.13. The predicted molar refractivity (Wildman–Crippen MR) is 66.2 cm³/mol. The van der Waals surface area contributed by atoms with Gasteiger partial charge in [-0.1, -0.05) is 0 Å². The Morgan fingerprint density at radius 3 is 2.75 bits per heavy atom. The molecule has 3 heteroatoms. The maximum Gasteiger partial charge on any atom is 0.119 e. The third-order valence-electron chi connectivity index (χ3n) is 2.80. The highest BCUT2D eigenvalue weighted by atomic mass is 16.5. The maximum absolute atomic E-state index is 5.25. The van der Waals surface area contributed by atoms with E-state index in [0.29, 0.717) is 0 Å². The molecule has 0 fully saturated rings. The van der Waals surface area contributed by atoms with Crippen LogP contribution in [0.3, 0.4) is 0 Å². The van der Waals surface area contributed by atoms with Crippen LogP contribution < -0.4 is 4.74 Å². The lowest BCUT2D eigenvalue weighted by atomic mass is 9.90. The number of fused-ring (bicyclic) bond motifs is 1. The highest BCUT2D eigenvalue weighted by Gasteiger charge is 2.16. The van der Waals surface area contributed by atoms with Crippen LogP contribution in [0.1, 0.15) is 24.0 Å². The summed E-state index contributed by atoms with van der Waals surface area (Å²) in [6.07, 6.45) is 3.36. The van der Waals surface area contributed by atoms with Crippen molar-refractivity contribution >= 4 is 5.71 Å². The molecule has 3 nitrogen and oxygen atoms in total. The molecule has 0 saturated heterocycles. The van der Waals surface area contributed by atoms with Crippen molar-refractivity contribution in [1.82, 2.24) is 5.01 Å². The molecule has 0 spiro atoms. The van der Waals surface area contributed by atoms with Gasteiger partial charge >= 0.3 is 0 Å². The summed E-state index contributed by atoms with van der Waals surface area (Å²) in [6, 6.07) is 6.25. The van der Waals surface area contributed by atoms with Gasteiger partial charge in [0.15, 0.2) is 0 Å². The molecule has 0 radical (unpaired) electrons. The van der Waals surface area contributed by atoms with Crippen molar-refractivity contribution < 1.29 is 4.74 Å². The Bertz CT molecular complexity index is 410. The fraction of sp³-hybridized carbons (Fsp3) is 0.462. The number of ether oxygens (including phenoxy) is 1. The van der Waals surface area contributed by atoms with E-state index in [2.05, 4.69) is 17.2 Å². The third-order valence-corrected chi connectivity index (χ3v) is 2.80. The molecular weight excluding hydrogens is 200 g/mol. The van der Waals surface area contributed by atoms with Crippen molar-refractivity contribution in [1.29, 1.82) is 0 Å². The lowest BCUT2D eigenvalue weighted by molar-refractivity contribution is 0.414. The van der Waals surface area contributed by atoms with E-state index in [0.717, 1.165) is 18.6 Å². The van der Waals surface area contributed by atoms with Crippen LogP contribution in [0.4, 0.5) is 0 Å². The lowest BCUT2D eigenvalue weighted by Gasteiger charge is -2.20. The molecule has 16 heavy (non-hydrogen) atoms. The summed E-state index contributed by atoms with van der Waals surface area (Å²) in [5.74, 6) is 0.935. The fourth-order valence-electron chi connectivity index (χ4n) is 2.11. The minimum absolute atomic E-state index is 0.935. The monoisotopic (exact) mass is 218 g/mol. The van der Waals surface area contributed by atoms with Gasteiger partial charge in [-0.2, -0.15) is 5.10 Å². The van der Waals surface area contributed by atoms with Gasteiger partial charge in [-0.3, -0.25) is 0 Å². The maximum atomic E-state index is 5.25. The number of benzene rings is 1. The predicted octanol–water partition coefficient (Wildman–Crippen LogP) is 2.30. The smallest absolute Gasteiger partial charge is 0.119 e. The van der Waals surface area contributed by atoms with E-state index >= 15 is 0 Å². The summed E-state index contributed by atoms with van der Waals surface area (Å²) >= 11 is 0. The first kappa shape index (κ1) is 11.0. The van der Waals surface area contributed by atoms with Gasteiger partial charge in [0.05, 0.1) is 12.8 Å². The van der Waals surface area contributed by atoms with Crippen molar-refractivity contribution in [2.45, 2.75) is 19.3 Å². The van der Waals surface area contributed by atoms with Crippen LogP contribution >= 0.6 is 0 Å². The molecule has 1 aliphatic rings. The molecule has 1 aromatic rings. The minimum atomic E-state index is 0.935. The van der Waals surface area contributed by atoms with Crippen LogP contribution in [-0.2, 0) is 6.42 Å². The molecule has 0 atom stereocenters. The molecule has 0 amide bonds. The summed E-state index contributed by atoms with van der Waals surface area (Å²) in [7, 11) is 5.63. The average molecular weight is 218 g/mol. The second-order valence-electron chi connectivity index (χ2n) is 4.27. The molecule has 1 aliphatic carbocycles. The zero-order chi connectivity index (χ0) is 11.5. The molecule has 0 unspecified atom stereocenters. The van der Waals surface area contributed by atoms with Gasteiger partial charge in [0.2, 0.25) is 0 Å². The number of rotatable bonds is 2. The van der Waals surface area contributed by atoms with Gasteiger partial charge in [-0.05, 0) is 43.0 Å². The molecule has 1 aromatic carbocycles. The molecule has 0 N–H and O–H groups in total. The van der Waals surface area contributed by atoms with Gasteiger partial charge < -0.3 is 9.75 Å². The highest BCUT2D eigenvalue weighted by Crippen LogP contribution is 2.25. The molecule has 0 saturated carbocycles. The first-order valence-corrected chi connectivity index (χ1v) is 5.63. The number of nitrogens with zero attached hydrogens (tertiary/aromatic N) is 2. The van der Waals surface area contributed by atoms with E-state index in [1.54, 1.807) is 7.11 Å². The number of hydrogen-bond acceptors (Lipinski definition) is 3. The van der Waals surface area contributed by atoms with Crippen LogP contribution in [0.25, 0.3) is 0 Å². The van der Waals surface area contributed by atoms with E-state index in [1.807, 2.05) is 25.2 Å². The Morgan fingerprint density at radius 2 is 2.06 bits per heavy atom. The van der Waals surface area contributed by atoms with E-state index in [9.17, 15) is 0 Å². The second-order valence-corrected chi connectivity index (χ2v) is 4.27. The van der Waals surface area contributed by atoms with Crippen molar-refractivity contribution in [2.75, 3.05) is 21.2 Å². The standard InChI is InChI=1S/C13H18N2O/c1-15(2)14-13-6-4-5-10-9-11(16-3)7-8-12(10)13/h7-9H,4-6H2,1-3H3/b14-13+. The first-order chi connectivity index (χ1) is 7.70. The Labute approximate surface area is 96.7 Å². The summed E-state index contributed by atoms with van der Waals surface area (Å²) in [5.41, 5.74) is 3.82. The van der Waals surface area contributed by atoms with Gasteiger partial charge in [-0.15, -0.1) is 0 Å². The Balaban J connectivity index is 2.40. The van der Waals surface area contributed by atoms with Crippen LogP contribution in [0, 0.1) is 0 Å². The van der Waals surface area contributed by atoms with E-state index < -0.39 is 0 Å². The van der Waals surface area contributed by atoms with Crippen molar-refractivity contribution in [2.24, 2.45) is 5.10 Å². The molecule has 0 heterocycles. The molecule has 0 aromatic heterocycles. The SMILES string of the molecule is COc1ccc2c(c1)CCC/C2=N\N(C)C. The van der Waals surface area contributed by atoms with Gasteiger partial charge in [0.25, 0.3) is 0 Å². The van der Waals surface area contributed by atoms with Crippen LogP contribution in [0.5, 0.6) is 5.75 Å². The lowest BCUT2D eigenvalue weighted by Crippen LogP contribution is -2.16. The number of hydrazone groups is 1. The highest BCUT2D eigenvalue weighted by molar-refractivity contribution is 6.02. The molecule has 2 rings (SSSR count). The second kappa shape index (κ2) is 4.56. The summed E-state index contributed by atoms with van der Waals surface area (Å²) in [5, 5.41) is 6.41. The van der Waals surface area contributed by atoms with Crippen molar-refractivity contribution in [3.63, 3.8) is 0 Å². The topological polar surface area (TPSA) is 24.8 Å². The number of aryl methyl sites for hydroxylation is 1. The Hall–Kier alpha value is -1.51. The number of hydrogen-bond donors (Lipinski definition) is 0. The summed E-state index contributed by atoms with van der Waals surface area (Å²) in [6.45, 7) is 0. The quantitative estimate of drug-likeness (QED) is 0.711. The molecule has 0 aliphatic heterocycles. The zero-order valence-electron chi connectivity index (χ0n) is 10.2. The molecular formula is C13H18N2O. The van der Waals surface area contributed by atoms with E-state index in [-0.39, 0.29) is 0 Å². The molecule has 86 valence electrons. The average Bonchev–Trinajstić information content (AvgIpc) is 2.28. The van der Waals surface area contributed by atoms with E-state index in [4.69, 9.17) is 4.74 Å². The molecule has 0 bridgehead atoms. The van der Waals surface area contributed by atoms with Gasteiger partial charge in [-0.25, -0.2) is 0 Å². The number of methoxy groups -OCH3 is 1. The fourth-order valence-corrected chi connectivity index (χ4v) is 2.11. The first-order valence-electron chi connectivity index (χ1n) is 5.63. The summed E-state index contributed by atoms with van der Waals surface area (Å²) < 4.78 is 5.25. The minimum Gasteiger partial charge on any atom is -0.497 e. The normalized spacial score (nSPS) is 17.1. The van der Waals surface area contributed by atoms with Crippen LogP contribution in [0.15, 0.2) is 23.3 Å². The van der Waals surface area contributed by atoms with Gasteiger partial charge in [0, 0.05) is 19.7 Å². The van der Waals surface area contributed by atoms with Crippen molar-refractivity contribution in [3.05, 3.63) is 29.3 Å². The van der Waals surface area contributed by atoms with E-state index in [1.165, 1.54) is 23.3 Å². The summed E-state index contributed by atoms with van der Waals surface area (Å²) in [4.78, 5) is 0. The van der Waals surface area contributed by atoms with Gasteiger partial charge in [0.1, 0.15) is 5.75 Å². The van der Waals surface area contributed by atoms with Crippen LogP contribution in [-0.4, -0.2) is 31.9 Å². The zero-order valence-corrected chi connectivity index (χ0v) is 10.2. The third kappa shape index (κ3) is 2.18. The van der Waals surface area contributed by atoms with Crippen molar-refractivity contribution in [3.8, 4) is 5.75 Å². The largest absolute Gasteiger partial charge is 0.497 e. The van der Waals surface area contributed by atoms with Crippen LogP contribution in [0.2, 0.25) is 0 Å². The Morgan fingerprint density at radius 1 is 1.25 bits per heavy atom.